The van der Waals surface area contributed by atoms with Crippen LogP contribution in [0.5, 0.6) is 23.0 Å². The number of fused-ring (bicyclic) bond motifs is 4. The first-order chi connectivity index (χ1) is 19.7. The van der Waals surface area contributed by atoms with Gasteiger partial charge in [-0.1, -0.05) is 110 Å². The quantitative estimate of drug-likeness (QED) is 0.172. The molecule has 0 saturated heterocycles. The molecule has 2 heterocycles. The first-order valence-electron chi connectivity index (χ1n) is 13.5. The summed E-state index contributed by atoms with van der Waals surface area (Å²) in [5.74, 6) is 3.41. The monoisotopic (exact) mass is 514 g/mol. The van der Waals surface area contributed by atoms with Gasteiger partial charge in [0.2, 0.25) is 0 Å². The Balaban J connectivity index is 1.47. The van der Waals surface area contributed by atoms with Crippen molar-refractivity contribution < 1.29 is 9.47 Å². The lowest BCUT2D eigenvalue weighted by atomic mass is 9.34. The summed E-state index contributed by atoms with van der Waals surface area (Å²) in [5, 5.41) is 0. The van der Waals surface area contributed by atoms with Crippen LogP contribution in [0.3, 0.4) is 0 Å². The molecule has 5 aromatic carbocycles. The maximum absolute atomic E-state index is 6.77. The maximum Gasteiger partial charge on any atom is 0.260 e. The van der Waals surface area contributed by atoms with Crippen molar-refractivity contribution in [3.05, 3.63) is 146 Å². The van der Waals surface area contributed by atoms with E-state index in [0.717, 1.165) is 67.2 Å². The molecule has 2 nitrogen and oxygen atoms in total. The molecular weight excluding hydrogens is 487 g/mol. The molecule has 0 spiro atoms. The summed E-state index contributed by atoms with van der Waals surface area (Å²) in [7, 11) is 0. The van der Waals surface area contributed by atoms with E-state index in [2.05, 4.69) is 117 Å². The number of rotatable bonds is 5. The normalized spacial score (nSPS) is 12.8. The number of hydrogen-bond donors (Lipinski definition) is 0. The first kappa shape index (κ1) is 24.1. The molecule has 2 aliphatic heterocycles. The van der Waals surface area contributed by atoms with Gasteiger partial charge in [0.15, 0.2) is 0 Å². The maximum atomic E-state index is 6.77. The lowest BCUT2D eigenvalue weighted by Gasteiger charge is -2.34. The second-order valence-electron chi connectivity index (χ2n) is 10.2. The molecule has 7 rings (SSSR count). The number of ether oxygens (including phenoxy) is 2. The second-order valence-corrected chi connectivity index (χ2v) is 10.2. The Kier molecular flexibility index (Phi) is 5.79. The van der Waals surface area contributed by atoms with E-state index in [1.807, 2.05) is 18.2 Å². The third-order valence-electron chi connectivity index (χ3n) is 7.92. The molecule has 40 heavy (non-hydrogen) atoms. The molecule has 190 valence electrons. The number of allylic oxidation sites excluding steroid dienone is 4. The van der Waals surface area contributed by atoms with E-state index in [1.54, 1.807) is 6.08 Å². The molecule has 0 fully saturated rings. The Morgan fingerprint density at radius 2 is 1.48 bits per heavy atom. The Hall–Kier alpha value is -5.02. The summed E-state index contributed by atoms with van der Waals surface area (Å²) in [6.07, 6.45) is 5.60. The zero-order valence-electron chi connectivity index (χ0n) is 22.4. The Morgan fingerprint density at radius 3 is 2.27 bits per heavy atom. The highest BCUT2D eigenvalue weighted by Crippen LogP contribution is 2.42. The largest absolute Gasteiger partial charge is 0.458 e. The van der Waals surface area contributed by atoms with Crippen molar-refractivity contribution in [2.45, 2.75) is 6.92 Å². The van der Waals surface area contributed by atoms with Gasteiger partial charge in [0.05, 0.1) is 0 Å². The van der Waals surface area contributed by atoms with Crippen LogP contribution in [0.1, 0.15) is 11.1 Å². The Labute approximate surface area is 235 Å². The summed E-state index contributed by atoms with van der Waals surface area (Å²) in [5.41, 5.74) is 11.2. The van der Waals surface area contributed by atoms with Crippen molar-refractivity contribution >= 4 is 28.7 Å². The highest BCUT2D eigenvalue weighted by molar-refractivity contribution is 6.98. The second kappa shape index (κ2) is 9.62. The molecule has 0 bridgehead atoms. The van der Waals surface area contributed by atoms with Gasteiger partial charge in [-0.25, -0.2) is 0 Å². The van der Waals surface area contributed by atoms with E-state index >= 15 is 0 Å². The average Bonchev–Trinajstić information content (AvgIpc) is 3.00. The summed E-state index contributed by atoms with van der Waals surface area (Å²) in [6, 6.07) is 36.1. The van der Waals surface area contributed by atoms with Crippen molar-refractivity contribution in [2.75, 3.05) is 0 Å². The molecule has 0 saturated carbocycles. The molecule has 0 amide bonds. The van der Waals surface area contributed by atoms with Crippen molar-refractivity contribution in [1.29, 1.82) is 0 Å². The van der Waals surface area contributed by atoms with Gasteiger partial charge in [-0.2, -0.15) is 0 Å². The van der Waals surface area contributed by atoms with Crippen LogP contribution in [0.25, 0.3) is 27.8 Å². The Morgan fingerprint density at radius 1 is 0.675 bits per heavy atom. The lowest BCUT2D eigenvalue weighted by Crippen LogP contribution is -2.57. The van der Waals surface area contributed by atoms with Gasteiger partial charge >= 0.3 is 0 Å². The van der Waals surface area contributed by atoms with Crippen LogP contribution in [-0.2, 0) is 0 Å². The van der Waals surface area contributed by atoms with Crippen LogP contribution in [0, 0.1) is 6.92 Å². The van der Waals surface area contributed by atoms with Crippen LogP contribution in [-0.4, -0.2) is 6.71 Å². The minimum absolute atomic E-state index is 0.0326. The van der Waals surface area contributed by atoms with Gasteiger partial charge in [0, 0.05) is 11.0 Å². The molecule has 0 aromatic heterocycles. The van der Waals surface area contributed by atoms with Crippen molar-refractivity contribution in [3.8, 4) is 45.3 Å². The van der Waals surface area contributed by atoms with Gasteiger partial charge in [-0.3, -0.25) is 0 Å². The standard InChI is InChI=1S/C37H27BO2/c1-4-11-25(5-2)28-16-19-31-35(23-28)39-34-21-18-30(29-15-10-9-12-24(29)3)37-36(34)38(31)32-22-27(17-20-33(32)40-37)26-13-7-6-8-14-26/h4-23H,1-2H2,3H3/b25-11+. The van der Waals surface area contributed by atoms with Gasteiger partial charge < -0.3 is 9.47 Å². The van der Waals surface area contributed by atoms with E-state index in [4.69, 9.17) is 9.47 Å². The lowest BCUT2D eigenvalue weighted by molar-refractivity contribution is 0.465. The van der Waals surface area contributed by atoms with Crippen molar-refractivity contribution in [2.24, 2.45) is 0 Å². The third kappa shape index (κ3) is 3.82. The molecule has 3 heteroatoms. The van der Waals surface area contributed by atoms with E-state index in [1.165, 1.54) is 11.1 Å². The van der Waals surface area contributed by atoms with Crippen molar-refractivity contribution in [3.63, 3.8) is 0 Å². The fourth-order valence-electron chi connectivity index (χ4n) is 5.97. The summed E-state index contributed by atoms with van der Waals surface area (Å²) >= 11 is 0. The minimum Gasteiger partial charge on any atom is -0.458 e. The number of hydrogen-bond acceptors (Lipinski definition) is 2. The van der Waals surface area contributed by atoms with E-state index in [9.17, 15) is 0 Å². The smallest absolute Gasteiger partial charge is 0.260 e. The zero-order chi connectivity index (χ0) is 27.2. The van der Waals surface area contributed by atoms with E-state index in [-0.39, 0.29) is 6.71 Å². The van der Waals surface area contributed by atoms with E-state index in [0.29, 0.717) is 0 Å². The van der Waals surface area contributed by atoms with Crippen LogP contribution < -0.4 is 25.9 Å². The predicted octanol–water partition coefficient (Wildman–Crippen LogP) is 7.81. The highest BCUT2D eigenvalue weighted by Gasteiger charge is 2.41. The fourth-order valence-corrected chi connectivity index (χ4v) is 5.97. The van der Waals surface area contributed by atoms with Gasteiger partial charge in [0.25, 0.3) is 6.71 Å². The van der Waals surface area contributed by atoms with Crippen molar-refractivity contribution in [1.82, 2.24) is 0 Å². The van der Waals surface area contributed by atoms with Gasteiger partial charge in [-0.05, 0) is 75.5 Å². The summed E-state index contributed by atoms with van der Waals surface area (Å²) in [4.78, 5) is 0. The molecule has 0 unspecified atom stereocenters. The third-order valence-corrected chi connectivity index (χ3v) is 7.92. The van der Waals surface area contributed by atoms with Crippen LogP contribution in [0.4, 0.5) is 0 Å². The molecule has 0 atom stereocenters. The van der Waals surface area contributed by atoms with E-state index < -0.39 is 0 Å². The van der Waals surface area contributed by atoms with Crippen LogP contribution in [0.2, 0.25) is 0 Å². The fraction of sp³-hybridized carbons (Fsp3) is 0.0270. The molecule has 2 aliphatic rings. The number of benzene rings is 5. The average molecular weight is 514 g/mol. The summed E-state index contributed by atoms with van der Waals surface area (Å²) < 4.78 is 13.4. The van der Waals surface area contributed by atoms with Gasteiger partial charge in [-0.15, -0.1) is 0 Å². The Bertz CT molecular complexity index is 1850. The summed E-state index contributed by atoms with van der Waals surface area (Å²) in [6.45, 7) is 9.97. The molecule has 0 radical (unpaired) electrons. The molecule has 5 aromatic rings. The van der Waals surface area contributed by atoms with Crippen LogP contribution in [0.15, 0.2) is 135 Å². The first-order valence-corrected chi connectivity index (χ1v) is 13.5. The SMILES string of the molecule is C=C/C=C(\C=C)c1ccc2c(c1)Oc1ccc(-c3ccccc3C)c3c1B2c1cc(-c2ccccc2)ccc1O3. The molecule has 0 N–H and O–H groups in total. The zero-order valence-corrected chi connectivity index (χ0v) is 22.4. The molecule has 0 aliphatic carbocycles. The minimum atomic E-state index is -0.0326. The molecular formula is C37H27BO2. The topological polar surface area (TPSA) is 18.5 Å². The van der Waals surface area contributed by atoms with Crippen LogP contribution >= 0.6 is 0 Å². The predicted molar refractivity (Wildman–Crippen MR) is 168 cm³/mol. The van der Waals surface area contributed by atoms with Gasteiger partial charge in [0.1, 0.15) is 23.0 Å². The number of aryl methyl sites for hydroxylation is 1. The highest BCUT2D eigenvalue weighted by atomic mass is 16.5.